The summed E-state index contributed by atoms with van der Waals surface area (Å²) in [6.45, 7) is 1.33. The molecule has 0 radical (unpaired) electrons. The van der Waals surface area contributed by atoms with E-state index in [0.29, 0.717) is 22.0 Å². The number of carbonyl (C=O) groups is 2. The molecular formula is C16H12ClNO3. The number of fused-ring (bicyclic) bond motifs is 1. The van der Waals surface area contributed by atoms with Gasteiger partial charge in [0, 0.05) is 10.6 Å². The second kappa shape index (κ2) is 4.90. The van der Waals surface area contributed by atoms with Gasteiger partial charge in [0.1, 0.15) is 5.75 Å². The van der Waals surface area contributed by atoms with Crippen LogP contribution in [0.2, 0.25) is 5.02 Å². The Morgan fingerprint density at radius 2 is 1.95 bits per heavy atom. The third kappa shape index (κ3) is 2.08. The van der Waals surface area contributed by atoms with Gasteiger partial charge in [0.25, 0.3) is 11.5 Å². The monoisotopic (exact) mass is 301 g/mol. The lowest BCUT2D eigenvalue weighted by Gasteiger charge is -2.35. The highest BCUT2D eigenvalue weighted by Crippen LogP contribution is 2.39. The summed E-state index contributed by atoms with van der Waals surface area (Å²) in [6.07, 6.45) is 0. The summed E-state index contributed by atoms with van der Waals surface area (Å²) in [4.78, 5) is 24.8. The third-order valence-electron chi connectivity index (χ3n) is 3.45. The van der Waals surface area contributed by atoms with Gasteiger partial charge in [0.2, 0.25) is 0 Å². The summed E-state index contributed by atoms with van der Waals surface area (Å²) in [5.74, 6) is -0.472. The number of anilines is 1. The van der Waals surface area contributed by atoms with Gasteiger partial charge in [-0.15, -0.1) is 0 Å². The van der Waals surface area contributed by atoms with Gasteiger partial charge in [-0.2, -0.15) is 0 Å². The van der Waals surface area contributed by atoms with Gasteiger partial charge >= 0.3 is 0 Å². The molecule has 1 unspecified atom stereocenters. The van der Waals surface area contributed by atoms with E-state index in [9.17, 15) is 9.59 Å². The molecule has 0 bridgehead atoms. The zero-order chi connectivity index (χ0) is 15.0. The second-order valence-corrected chi connectivity index (χ2v) is 5.24. The Kier molecular flexibility index (Phi) is 3.18. The van der Waals surface area contributed by atoms with Crippen molar-refractivity contribution in [1.29, 1.82) is 0 Å². The van der Waals surface area contributed by atoms with Gasteiger partial charge in [-0.25, -0.2) is 0 Å². The predicted molar refractivity (Wildman–Crippen MR) is 79.5 cm³/mol. The minimum atomic E-state index is -1.71. The van der Waals surface area contributed by atoms with Gasteiger partial charge < -0.3 is 10.1 Å². The first-order valence-electron chi connectivity index (χ1n) is 6.40. The number of Topliss-reactive ketones (excluding diaryl/α,β-unsaturated/α-hetero) is 1. The molecule has 2 aromatic carbocycles. The van der Waals surface area contributed by atoms with Crippen LogP contribution in [0.1, 0.15) is 12.5 Å². The summed E-state index contributed by atoms with van der Waals surface area (Å²) in [7, 11) is 0. The Morgan fingerprint density at radius 3 is 2.67 bits per heavy atom. The Labute approximate surface area is 126 Å². The Bertz CT molecular complexity index is 744. The fourth-order valence-corrected chi connectivity index (χ4v) is 2.60. The lowest BCUT2D eigenvalue weighted by Crippen LogP contribution is -2.53. The van der Waals surface area contributed by atoms with Crippen LogP contribution in [0.4, 0.5) is 5.69 Å². The zero-order valence-corrected chi connectivity index (χ0v) is 12.0. The van der Waals surface area contributed by atoms with Crippen molar-refractivity contribution >= 4 is 29.0 Å². The fourth-order valence-electron chi connectivity index (χ4n) is 2.41. The molecule has 1 heterocycles. The maximum absolute atomic E-state index is 12.5. The van der Waals surface area contributed by atoms with Crippen molar-refractivity contribution in [2.75, 3.05) is 5.32 Å². The van der Waals surface area contributed by atoms with Crippen molar-refractivity contribution in [3.63, 3.8) is 0 Å². The molecule has 21 heavy (non-hydrogen) atoms. The SMILES string of the molecule is CC(=O)C1(c2cccc(Cl)c2)Oc2ccccc2NC1=O. The lowest BCUT2D eigenvalue weighted by atomic mass is 9.87. The number of ether oxygens (including phenoxy) is 1. The van der Waals surface area contributed by atoms with Crippen molar-refractivity contribution < 1.29 is 14.3 Å². The number of nitrogens with one attached hydrogen (secondary N) is 1. The number of benzene rings is 2. The summed E-state index contributed by atoms with van der Waals surface area (Å²) < 4.78 is 5.81. The molecule has 1 aliphatic heterocycles. The second-order valence-electron chi connectivity index (χ2n) is 4.80. The first-order chi connectivity index (χ1) is 10.0. The molecule has 0 spiro atoms. The van der Waals surface area contributed by atoms with Crippen LogP contribution in [0.15, 0.2) is 48.5 Å². The summed E-state index contributed by atoms with van der Waals surface area (Å²) in [6, 6.07) is 13.6. The molecule has 0 aliphatic carbocycles. The molecule has 1 atom stereocenters. The van der Waals surface area contributed by atoms with Crippen molar-refractivity contribution in [2.24, 2.45) is 0 Å². The molecule has 0 saturated heterocycles. The van der Waals surface area contributed by atoms with Crippen molar-refractivity contribution in [3.05, 3.63) is 59.1 Å². The first-order valence-corrected chi connectivity index (χ1v) is 6.78. The quantitative estimate of drug-likeness (QED) is 0.867. The topological polar surface area (TPSA) is 55.4 Å². The van der Waals surface area contributed by atoms with Gasteiger partial charge in [0.05, 0.1) is 5.69 Å². The van der Waals surface area contributed by atoms with Gasteiger partial charge in [-0.05, 0) is 31.2 Å². The molecule has 1 aliphatic rings. The molecule has 0 fully saturated rings. The number of rotatable bonds is 2. The van der Waals surface area contributed by atoms with Crippen LogP contribution >= 0.6 is 11.6 Å². The Balaban J connectivity index is 2.19. The predicted octanol–water partition coefficient (Wildman–Crippen LogP) is 3.16. The van der Waals surface area contributed by atoms with Crippen LogP contribution in [-0.2, 0) is 15.2 Å². The van der Waals surface area contributed by atoms with E-state index in [-0.39, 0.29) is 0 Å². The molecule has 0 aromatic heterocycles. The molecule has 3 rings (SSSR count). The van der Waals surface area contributed by atoms with Gasteiger partial charge in [-0.1, -0.05) is 35.9 Å². The number of ketones is 1. The molecule has 106 valence electrons. The molecule has 1 amide bonds. The smallest absolute Gasteiger partial charge is 0.281 e. The normalized spacial score (nSPS) is 20.2. The number of carbonyl (C=O) groups excluding carboxylic acids is 2. The van der Waals surface area contributed by atoms with E-state index in [1.54, 1.807) is 48.5 Å². The van der Waals surface area contributed by atoms with Crippen LogP contribution < -0.4 is 10.1 Å². The maximum Gasteiger partial charge on any atom is 0.281 e. The first kappa shape index (κ1) is 13.6. The number of halogens is 1. The third-order valence-corrected chi connectivity index (χ3v) is 3.68. The fraction of sp³-hybridized carbons (Fsp3) is 0.125. The largest absolute Gasteiger partial charge is 0.462 e. The molecule has 0 saturated carbocycles. The van der Waals surface area contributed by atoms with Crippen LogP contribution in [0.5, 0.6) is 5.75 Å². The van der Waals surface area contributed by atoms with E-state index in [1.807, 2.05) is 0 Å². The maximum atomic E-state index is 12.5. The lowest BCUT2D eigenvalue weighted by molar-refractivity contribution is -0.146. The van der Waals surface area contributed by atoms with Crippen LogP contribution in [0.25, 0.3) is 0 Å². The van der Waals surface area contributed by atoms with Gasteiger partial charge in [-0.3, -0.25) is 9.59 Å². The van der Waals surface area contributed by atoms with Crippen molar-refractivity contribution in [3.8, 4) is 5.75 Å². The van der Waals surface area contributed by atoms with E-state index in [2.05, 4.69) is 5.32 Å². The number of hydrogen-bond donors (Lipinski definition) is 1. The van der Waals surface area contributed by atoms with Crippen molar-refractivity contribution in [1.82, 2.24) is 0 Å². The van der Waals surface area contributed by atoms with E-state index < -0.39 is 17.3 Å². The highest BCUT2D eigenvalue weighted by Gasteiger charge is 2.50. The highest BCUT2D eigenvalue weighted by molar-refractivity contribution is 6.30. The zero-order valence-electron chi connectivity index (χ0n) is 11.2. The Hall–Kier alpha value is -2.33. The summed E-state index contributed by atoms with van der Waals surface area (Å²) in [5, 5.41) is 3.16. The molecule has 1 N–H and O–H groups in total. The van der Waals surface area contributed by atoms with E-state index >= 15 is 0 Å². The minimum Gasteiger partial charge on any atom is -0.462 e. The van der Waals surface area contributed by atoms with E-state index in [1.165, 1.54) is 6.92 Å². The Morgan fingerprint density at radius 1 is 1.19 bits per heavy atom. The minimum absolute atomic E-state index is 0.406. The number of amides is 1. The average Bonchev–Trinajstić information content (AvgIpc) is 2.46. The molecular weight excluding hydrogens is 290 g/mol. The standard InChI is InChI=1S/C16H12ClNO3/c1-10(19)16(11-5-4-6-12(17)9-11)15(20)18-13-7-2-3-8-14(13)21-16/h2-9H,1H3,(H,18,20). The van der Waals surface area contributed by atoms with Crippen LogP contribution in [0, 0.1) is 0 Å². The summed E-state index contributed by atoms with van der Waals surface area (Å²) in [5.41, 5.74) is -0.755. The average molecular weight is 302 g/mol. The number of para-hydroxylation sites is 2. The van der Waals surface area contributed by atoms with Crippen LogP contribution in [-0.4, -0.2) is 11.7 Å². The van der Waals surface area contributed by atoms with Gasteiger partial charge in [0.15, 0.2) is 5.78 Å². The number of hydrogen-bond acceptors (Lipinski definition) is 3. The van der Waals surface area contributed by atoms with Crippen molar-refractivity contribution in [2.45, 2.75) is 12.5 Å². The van der Waals surface area contributed by atoms with E-state index in [4.69, 9.17) is 16.3 Å². The summed E-state index contributed by atoms with van der Waals surface area (Å²) >= 11 is 5.98. The van der Waals surface area contributed by atoms with Crippen LogP contribution in [0.3, 0.4) is 0 Å². The van der Waals surface area contributed by atoms with E-state index in [0.717, 1.165) is 0 Å². The molecule has 2 aromatic rings. The molecule has 4 nitrogen and oxygen atoms in total. The highest BCUT2D eigenvalue weighted by atomic mass is 35.5. The molecule has 5 heteroatoms.